The normalized spacial score (nSPS) is 12.2. The largest absolute Gasteiger partial charge is 0.496 e. The van der Waals surface area contributed by atoms with Crippen molar-refractivity contribution in [1.29, 1.82) is 0 Å². The number of thiophene rings is 1. The molecular weight excluding hydrogens is 408 g/mol. The smallest absolute Gasteiger partial charge is 0.202 e. The lowest BCUT2D eigenvalue weighted by atomic mass is 9.89. The molecule has 160 valence electrons. The maximum atomic E-state index is 13.8. The third kappa shape index (κ3) is 4.73. The number of benzene rings is 2. The van der Waals surface area contributed by atoms with E-state index in [1.54, 1.807) is 18.4 Å². The van der Waals surface area contributed by atoms with Gasteiger partial charge in [0.15, 0.2) is 5.76 Å². The van der Waals surface area contributed by atoms with Crippen LogP contribution in [0.3, 0.4) is 0 Å². The zero-order valence-electron chi connectivity index (χ0n) is 17.8. The summed E-state index contributed by atoms with van der Waals surface area (Å²) in [5.41, 5.74) is 2.56. The molecule has 1 unspecified atom stereocenters. The number of hydrogen-bond donors (Lipinski definition) is 0. The van der Waals surface area contributed by atoms with E-state index >= 15 is 0 Å². The highest BCUT2D eigenvalue weighted by Gasteiger charge is 2.29. The summed E-state index contributed by atoms with van der Waals surface area (Å²) in [6.45, 7) is 2.88. The highest BCUT2D eigenvalue weighted by molar-refractivity contribution is 7.09. The second kappa shape index (κ2) is 9.94. The monoisotopic (exact) mass is 434 g/mol. The molecule has 31 heavy (non-hydrogen) atoms. The molecule has 2 heterocycles. The molecule has 0 N–H and O–H groups in total. The van der Waals surface area contributed by atoms with Crippen LogP contribution in [0.15, 0.2) is 70.5 Å². The molecule has 2 aromatic heterocycles. The topological polar surface area (TPSA) is 48.7 Å². The summed E-state index contributed by atoms with van der Waals surface area (Å²) in [7, 11) is 1.66. The summed E-state index contributed by atoms with van der Waals surface area (Å²) >= 11 is 1.67. The Balaban J connectivity index is 1.73. The minimum absolute atomic E-state index is 0.00482. The minimum Gasteiger partial charge on any atom is -0.496 e. The third-order valence-electron chi connectivity index (χ3n) is 5.43. The second-order valence-electron chi connectivity index (χ2n) is 7.40. The quantitative estimate of drug-likeness (QED) is 0.274. The molecule has 0 radical (unpaired) electrons. The van der Waals surface area contributed by atoms with Crippen molar-refractivity contribution >= 4 is 28.1 Å². The summed E-state index contributed by atoms with van der Waals surface area (Å²) < 4.78 is 17.3. The van der Waals surface area contributed by atoms with Gasteiger partial charge in [0.2, 0.25) is 5.78 Å². The molecular formula is C26H26O4S. The fourth-order valence-electron chi connectivity index (χ4n) is 3.90. The van der Waals surface area contributed by atoms with E-state index in [9.17, 15) is 4.79 Å². The first kappa shape index (κ1) is 21.3. The van der Waals surface area contributed by atoms with Crippen molar-refractivity contribution < 1.29 is 18.7 Å². The van der Waals surface area contributed by atoms with Gasteiger partial charge in [-0.15, -0.1) is 11.3 Å². The van der Waals surface area contributed by atoms with E-state index in [1.165, 1.54) is 4.88 Å². The van der Waals surface area contributed by atoms with Gasteiger partial charge in [-0.1, -0.05) is 42.5 Å². The molecule has 0 aliphatic carbocycles. The predicted molar refractivity (Wildman–Crippen MR) is 124 cm³/mol. The standard InChI is InChI=1S/C26H26O4S/c1-3-29-17-22-21-11-5-7-13-24(21)30-26(22)25(27)19(16-20-10-8-14-31-20)15-18-9-4-6-12-23(18)28-2/h4-14,19H,3,15-17H2,1-2H3. The Labute approximate surface area is 186 Å². The molecule has 0 aliphatic heterocycles. The zero-order valence-corrected chi connectivity index (χ0v) is 18.6. The van der Waals surface area contributed by atoms with Gasteiger partial charge in [0.05, 0.1) is 13.7 Å². The van der Waals surface area contributed by atoms with Crippen LogP contribution >= 0.6 is 11.3 Å². The van der Waals surface area contributed by atoms with Crippen LogP contribution in [0.5, 0.6) is 5.75 Å². The van der Waals surface area contributed by atoms with Crippen molar-refractivity contribution in [1.82, 2.24) is 0 Å². The van der Waals surface area contributed by atoms with E-state index in [1.807, 2.05) is 66.9 Å². The third-order valence-corrected chi connectivity index (χ3v) is 6.33. The molecule has 0 bridgehead atoms. The van der Waals surface area contributed by atoms with Crippen LogP contribution in [-0.2, 0) is 24.2 Å². The molecule has 0 amide bonds. The molecule has 1 atom stereocenters. The number of rotatable bonds is 10. The lowest BCUT2D eigenvalue weighted by molar-refractivity contribution is 0.0880. The van der Waals surface area contributed by atoms with Crippen molar-refractivity contribution in [3.05, 3.63) is 87.8 Å². The van der Waals surface area contributed by atoms with Gasteiger partial charge >= 0.3 is 0 Å². The molecule has 5 heteroatoms. The molecule has 0 saturated carbocycles. The van der Waals surface area contributed by atoms with Gasteiger partial charge < -0.3 is 13.9 Å². The number of ether oxygens (including phenoxy) is 2. The summed E-state index contributed by atoms with van der Waals surface area (Å²) in [5, 5.41) is 2.98. The number of methoxy groups -OCH3 is 1. The molecule has 4 rings (SSSR count). The fourth-order valence-corrected chi connectivity index (χ4v) is 4.68. The average molecular weight is 435 g/mol. The van der Waals surface area contributed by atoms with Crippen LogP contribution in [0.2, 0.25) is 0 Å². The number of Topliss-reactive ketones (excluding diaryl/α,β-unsaturated/α-hetero) is 1. The van der Waals surface area contributed by atoms with Crippen molar-refractivity contribution in [3.63, 3.8) is 0 Å². The van der Waals surface area contributed by atoms with E-state index in [0.29, 0.717) is 37.4 Å². The maximum absolute atomic E-state index is 13.8. The van der Waals surface area contributed by atoms with Crippen LogP contribution in [0.4, 0.5) is 0 Å². The Morgan fingerprint density at radius 1 is 1.03 bits per heavy atom. The first-order chi connectivity index (χ1) is 15.2. The Hall–Kier alpha value is -2.89. The second-order valence-corrected chi connectivity index (χ2v) is 8.44. The van der Waals surface area contributed by atoms with Crippen LogP contribution < -0.4 is 4.74 Å². The zero-order chi connectivity index (χ0) is 21.6. The number of para-hydroxylation sites is 2. The van der Waals surface area contributed by atoms with Gasteiger partial charge in [0, 0.05) is 28.4 Å². The van der Waals surface area contributed by atoms with Gasteiger partial charge in [-0.05, 0) is 48.9 Å². The van der Waals surface area contributed by atoms with Crippen LogP contribution in [0.25, 0.3) is 11.0 Å². The number of carbonyl (C=O) groups is 1. The number of ketones is 1. The summed E-state index contributed by atoms with van der Waals surface area (Å²) in [6.07, 6.45) is 1.23. The SMILES string of the molecule is CCOCc1c(C(=O)C(Cc2cccs2)Cc2ccccc2OC)oc2ccccc12. The van der Waals surface area contributed by atoms with Crippen molar-refractivity contribution in [2.75, 3.05) is 13.7 Å². The van der Waals surface area contributed by atoms with Gasteiger partial charge in [-0.2, -0.15) is 0 Å². The number of carbonyl (C=O) groups excluding carboxylic acids is 1. The van der Waals surface area contributed by atoms with Crippen LogP contribution in [-0.4, -0.2) is 19.5 Å². The highest BCUT2D eigenvalue weighted by Crippen LogP contribution is 2.32. The predicted octanol–water partition coefficient (Wildman–Crippen LogP) is 6.32. The molecule has 0 fully saturated rings. The number of furan rings is 1. The lowest BCUT2D eigenvalue weighted by Gasteiger charge is -2.17. The summed E-state index contributed by atoms with van der Waals surface area (Å²) in [4.78, 5) is 15.0. The van der Waals surface area contributed by atoms with E-state index < -0.39 is 0 Å². The number of fused-ring (bicyclic) bond motifs is 1. The number of hydrogen-bond acceptors (Lipinski definition) is 5. The molecule has 4 nitrogen and oxygen atoms in total. The Morgan fingerprint density at radius 3 is 2.61 bits per heavy atom. The lowest BCUT2D eigenvalue weighted by Crippen LogP contribution is -2.21. The first-order valence-corrected chi connectivity index (χ1v) is 11.4. The van der Waals surface area contributed by atoms with Gasteiger partial charge in [0.25, 0.3) is 0 Å². The van der Waals surface area contributed by atoms with E-state index in [-0.39, 0.29) is 11.7 Å². The van der Waals surface area contributed by atoms with E-state index in [4.69, 9.17) is 13.9 Å². The van der Waals surface area contributed by atoms with E-state index in [0.717, 1.165) is 22.3 Å². The summed E-state index contributed by atoms with van der Waals surface area (Å²) in [6, 6.07) is 19.7. The molecule has 4 aromatic rings. The van der Waals surface area contributed by atoms with Gasteiger partial charge in [-0.3, -0.25) is 4.79 Å². The van der Waals surface area contributed by atoms with Crippen molar-refractivity contribution in [2.45, 2.75) is 26.4 Å². The van der Waals surface area contributed by atoms with Crippen LogP contribution in [0, 0.1) is 5.92 Å². The highest BCUT2D eigenvalue weighted by atomic mass is 32.1. The fraction of sp³-hybridized carbons (Fsp3) is 0.269. The van der Waals surface area contributed by atoms with E-state index in [2.05, 4.69) is 6.07 Å². The minimum atomic E-state index is -0.268. The molecule has 0 spiro atoms. The Bertz CT molecular complexity index is 1140. The van der Waals surface area contributed by atoms with Gasteiger partial charge in [0.1, 0.15) is 11.3 Å². The Kier molecular flexibility index (Phi) is 6.85. The van der Waals surface area contributed by atoms with Crippen molar-refractivity contribution in [2.24, 2.45) is 5.92 Å². The Morgan fingerprint density at radius 2 is 1.84 bits per heavy atom. The van der Waals surface area contributed by atoms with Crippen LogP contribution in [0.1, 0.15) is 33.5 Å². The molecule has 0 saturated heterocycles. The molecule has 0 aliphatic rings. The first-order valence-electron chi connectivity index (χ1n) is 10.5. The average Bonchev–Trinajstić information content (AvgIpc) is 3.44. The summed E-state index contributed by atoms with van der Waals surface area (Å²) in [5.74, 6) is 0.942. The maximum Gasteiger partial charge on any atom is 0.202 e. The molecule has 2 aromatic carbocycles. The van der Waals surface area contributed by atoms with Crippen molar-refractivity contribution in [3.8, 4) is 5.75 Å². The van der Waals surface area contributed by atoms with Gasteiger partial charge in [-0.25, -0.2) is 0 Å².